The molecule has 6 heteroatoms. The number of benzene rings is 1. The van der Waals surface area contributed by atoms with E-state index < -0.39 is 12.6 Å². The highest BCUT2D eigenvalue weighted by Crippen LogP contribution is 2.26. The number of rotatable bonds is 3. The van der Waals surface area contributed by atoms with Gasteiger partial charge in [0.25, 0.3) is 5.91 Å². The minimum atomic E-state index is -1.06. The first-order valence-electron chi connectivity index (χ1n) is 5.06. The normalized spacial score (nSPS) is 14.0. The fraction of sp³-hybridized carbons (Fsp3) is 0.273. The molecule has 2 N–H and O–H groups in total. The van der Waals surface area contributed by atoms with Crippen molar-refractivity contribution in [3.8, 4) is 11.5 Å². The lowest BCUT2D eigenvalue weighted by Gasteiger charge is -2.08. The smallest absolute Gasteiger partial charge is 0.341 e. The number of hydrogen-bond donors (Lipinski definition) is 2. The molecule has 0 spiro atoms. The van der Waals surface area contributed by atoms with E-state index >= 15 is 0 Å². The van der Waals surface area contributed by atoms with Crippen LogP contribution >= 0.6 is 0 Å². The van der Waals surface area contributed by atoms with Crippen LogP contribution in [-0.4, -0.2) is 36.7 Å². The van der Waals surface area contributed by atoms with Crippen LogP contribution in [-0.2, 0) is 4.79 Å². The summed E-state index contributed by atoms with van der Waals surface area (Å²) in [5.74, 6) is -0.496. The van der Waals surface area contributed by atoms with Crippen LogP contribution < -0.4 is 14.8 Å². The molecule has 0 fully saturated rings. The molecule has 0 atom stereocenters. The molecule has 1 amide bonds. The lowest BCUT2D eigenvalue weighted by molar-refractivity contribution is -0.139. The van der Waals surface area contributed by atoms with Crippen molar-refractivity contribution in [2.75, 3.05) is 19.8 Å². The molecular weight excluding hydrogens is 226 g/mol. The molecule has 0 saturated carbocycles. The van der Waals surface area contributed by atoms with E-state index in [1.54, 1.807) is 6.07 Å². The van der Waals surface area contributed by atoms with E-state index in [0.717, 1.165) is 0 Å². The van der Waals surface area contributed by atoms with Gasteiger partial charge in [-0.15, -0.1) is 0 Å². The van der Waals surface area contributed by atoms with Crippen molar-refractivity contribution in [1.29, 1.82) is 0 Å². The predicted octanol–water partition coefficient (Wildman–Crippen LogP) is 0.272. The van der Waals surface area contributed by atoms with Gasteiger partial charge in [0.2, 0.25) is 0 Å². The van der Waals surface area contributed by atoms with Gasteiger partial charge in [0, 0.05) is 6.07 Å². The SMILES string of the molecule is O=C(O)COc1ccc2c(c1)OCCNC2=O. The van der Waals surface area contributed by atoms with Crippen molar-refractivity contribution >= 4 is 11.9 Å². The van der Waals surface area contributed by atoms with Gasteiger partial charge in [0.05, 0.1) is 12.1 Å². The second-order valence-electron chi connectivity index (χ2n) is 3.44. The number of ether oxygens (including phenoxy) is 2. The Bertz CT molecular complexity index is 457. The molecule has 1 aliphatic heterocycles. The van der Waals surface area contributed by atoms with Crippen molar-refractivity contribution in [2.45, 2.75) is 0 Å². The lowest BCUT2D eigenvalue weighted by Crippen LogP contribution is -2.24. The average molecular weight is 237 g/mol. The number of carbonyl (C=O) groups excluding carboxylic acids is 1. The maximum Gasteiger partial charge on any atom is 0.341 e. The van der Waals surface area contributed by atoms with Gasteiger partial charge in [0.1, 0.15) is 18.1 Å². The van der Waals surface area contributed by atoms with E-state index in [0.29, 0.717) is 30.2 Å². The third-order valence-electron chi connectivity index (χ3n) is 2.21. The third kappa shape index (κ3) is 2.66. The number of amides is 1. The molecule has 1 aromatic carbocycles. The van der Waals surface area contributed by atoms with Crippen molar-refractivity contribution in [1.82, 2.24) is 5.32 Å². The Balaban J connectivity index is 2.20. The molecule has 0 radical (unpaired) electrons. The van der Waals surface area contributed by atoms with E-state index in [1.165, 1.54) is 12.1 Å². The van der Waals surface area contributed by atoms with E-state index in [2.05, 4.69) is 5.32 Å². The second kappa shape index (κ2) is 4.73. The van der Waals surface area contributed by atoms with Crippen LogP contribution in [0.5, 0.6) is 11.5 Å². The first kappa shape index (κ1) is 11.3. The molecule has 0 bridgehead atoms. The maximum atomic E-state index is 11.6. The Morgan fingerprint density at radius 1 is 1.53 bits per heavy atom. The van der Waals surface area contributed by atoms with Crippen molar-refractivity contribution < 1.29 is 24.2 Å². The number of carboxylic acid groups (broad SMARTS) is 1. The van der Waals surface area contributed by atoms with Crippen LogP contribution in [0.3, 0.4) is 0 Å². The fourth-order valence-electron chi connectivity index (χ4n) is 1.47. The number of fused-ring (bicyclic) bond motifs is 1. The fourth-order valence-corrected chi connectivity index (χ4v) is 1.47. The Morgan fingerprint density at radius 2 is 2.35 bits per heavy atom. The molecule has 0 unspecified atom stereocenters. The van der Waals surface area contributed by atoms with Crippen LogP contribution in [0, 0.1) is 0 Å². The van der Waals surface area contributed by atoms with Gasteiger partial charge in [0.15, 0.2) is 6.61 Å². The zero-order valence-corrected chi connectivity index (χ0v) is 8.93. The van der Waals surface area contributed by atoms with Gasteiger partial charge >= 0.3 is 5.97 Å². The van der Waals surface area contributed by atoms with Gasteiger partial charge in [-0.1, -0.05) is 0 Å². The quantitative estimate of drug-likeness (QED) is 0.788. The molecule has 6 nitrogen and oxygen atoms in total. The number of nitrogens with one attached hydrogen (secondary N) is 1. The molecule has 0 saturated heterocycles. The van der Waals surface area contributed by atoms with Gasteiger partial charge in [-0.25, -0.2) is 4.79 Å². The minimum absolute atomic E-state index is 0.206. The molecule has 1 aliphatic rings. The molecule has 0 aromatic heterocycles. The van der Waals surface area contributed by atoms with Gasteiger partial charge in [-0.2, -0.15) is 0 Å². The van der Waals surface area contributed by atoms with Crippen LogP contribution in [0.25, 0.3) is 0 Å². The first-order valence-corrected chi connectivity index (χ1v) is 5.06. The summed E-state index contributed by atoms with van der Waals surface area (Å²) >= 11 is 0. The summed E-state index contributed by atoms with van der Waals surface area (Å²) < 4.78 is 10.4. The highest BCUT2D eigenvalue weighted by atomic mass is 16.5. The predicted molar refractivity (Wildman–Crippen MR) is 57.4 cm³/mol. The highest BCUT2D eigenvalue weighted by molar-refractivity contribution is 5.97. The number of aliphatic carboxylic acids is 1. The third-order valence-corrected chi connectivity index (χ3v) is 2.21. The van der Waals surface area contributed by atoms with E-state index in [1.807, 2.05) is 0 Å². The van der Waals surface area contributed by atoms with Gasteiger partial charge < -0.3 is 19.9 Å². The average Bonchev–Trinajstić information content (AvgIpc) is 2.49. The molecule has 1 aromatic rings. The summed E-state index contributed by atoms with van der Waals surface area (Å²) in [5, 5.41) is 11.2. The van der Waals surface area contributed by atoms with Crippen molar-refractivity contribution in [3.05, 3.63) is 23.8 Å². The van der Waals surface area contributed by atoms with Crippen LogP contribution in [0.2, 0.25) is 0 Å². The topological polar surface area (TPSA) is 84.9 Å². The first-order chi connectivity index (χ1) is 8.16. The monoisotopic (exact) mass is 237 g/mol. The van der Waals surface area contributed by atoms with Gasteiger partial charge in [-0.3, -0.25) is 4.79 Å². The van der Waals surface area contributed by atoms with E-state index in [4.69, 9.17) is 14.6 Å². The Hall–Kier alpha value is -2.24. The molecule has 90 valence electrons. The Labute approximate surface area is 97.1 Å². The van der Waals surface area contributed by atoms with Gasteiger partial charge in [-0.05, 0) is 12.1 Å². The van der Waals surface area contributed by atoms with Crippen molar-refractivity contribution in [3.63, 3.8) is 0 Å². The number of carboxylic acids is 1. The molecule has 17 heavy (non-hydrogen) atoms. The summed E-state index contributed by atoms with van der Waals surface area (Å²) in [6, 6.07) is 4.60. The van der Waals surface area contributed by atoms with Crippen LogP contribution in [0.1, 0.15) is 10.4 Å². The number of carbonyl (C=O) groups is 2. The minimum Gasteiger partial charge on any atom is -0.491 e. The molecular formula is C11H11NO5. The Kier molecular flexibility index (Phi) is 3.13. The van der Waals surface area contributed by atoms with Crippen molar-refractivity contribution in [2.24, 2.45) is 0 Å². The highest BCUT2D eigenvalue weighted by Gasteiger charge is 2.16. The number of hydrogen-bond acceptors (Lipinski definition) is 4. The zero-order valence-electron chi connectivity index (χ0n) is 8.93. The largest absolute Gasteiger partial charge is 0.491 e. The standard InChI is InChI=1S/C11H11NO5/c13-10(14)6-17-7-1-2-8-9(5-7)16-4-3-12-11(8)15/h1-2,5H,3-4,6H2,(H,12,15)(H,13,14). The van der Waals surface area contributed by atoms with Crippen LogP contribution in [0.4, 0.5) is 0 Å². The molecule has 0 aliphatic carbocycles. The lowest BCUT2D eigenvalue weighted by atomic mass is 10.2. The summed E-state index contributed by atoms with van der Waals surface area (Å²) in [5.41, 5.74) is 0.421. The maximum absolute atomic E-state index is 11.6. The second-order valence-corrected chi connectivity index (χ2v) is 3.44. The summed E-state index contributed by atoms with van der Waals surface area (Å²) in [6.45, 7) is 0.394. The van der Waals surface area contributed by atoms with Crippen LogP contribution in [0.15, 0.2) is 18.2 Å². The Morgan fingerprint density at radius 3 is 3.12 bits per heavy atom. The molecule has 2 rings (SSSR count). The van der Waals surface area contributed by atoms with E-state index in [-0.39, 0.29) is 5.91 Å². The zero-order chi connectivity index (χ0) is 12.3. The summed E-state index contributed by atoms with van der Waals surface area (Å²) in [4.78, 5) is 21.9. The summed E-state index contributed by atoms with van der Waals surface area (Å²) in [6.07, 6.45) is 0. The summed E-state index contributed by atoms with van der Waals surface area (Å²) in [7, 11) is 0. The molecule has 1 heterocycles. The van der Waals surface area contributed by atoms with E-state index in [9.17, 15) is 9.59 Å².